The van der Waals surface area contributed by atoms with Crippen molar-refractivity contribution in [1.82, 2.24) is 24.2 Å². The molecule has 198 valence electrons. The molecule has 1 saturated heterocycles. The first kappa shape index (κ1) is 26.5. The molecule has 1 amide bonds. The zero-order valence-corrected chi connectivity index (χ0v) is 19.6. The molecular formula is C21H19F6N7O2S. The second-order valence-electron chi connectivity index (χ2n) is 8.03. The topological polar surface area (TPSA) is 105 Å². The third-order valence-electron chi connectivity index (χ3n) is 5.22. The number of piperidine rings is 1. The predicted octanol–water partition coefficient (Wildman–Crippen LogP) is 4.75. The fourth-order valence-electron chi connectivity index (χ4n) is 3.48. The molecule has 1 fully saturated rings. The van der Waals surface area contributed by atoms with Crippen molar-refractivity contribution < 1.29 is 35.9 Å². The van der Waals surface area contributed by atoms with Crippen LogP contribution in [-0.2, 0) is 6.18 Å². The third-order valence-corrected chi connectivity index (χ3v) is 5.93. The van der Waals surface area contributed by atoms with E-state index in [1.165, 1.54) is 23.4 Å². The van der Waals surface area contributed by atoms with E-state index in [1.807, 2.05) is 0 Å². The number of alkyl halides is 6. The van der Waals surface area contributed by atoms with Gasteiger partial charge in [0.2, 0.25) is 5.88 Å². The van der Waals surface area contributed by atoms with E-state index < -0.39 is 30.5 Å². The number of hydrogen-bond donors (Lipinski definition) is 2. The van der Waals surface area contributed by atoms with Crippen molar-refractivity contribution in [3.63, 3.8) is 0 Å². The van der Waals surface area contributed by atoms with Crippen molar-refractivity contribution in [2.24, 2.45) is 0 Å². The number of nitrogens with one attached hydrogen (secondary N) is 2. The summed E-state index contributed by atoms with van der Waals surface area (Å²) in [5.41, 5.74) is -0.686. The summed E-state index contributed by atoms with van der Waals surface area (Å²) in [7, 11) is 0. The summed E-state index contributed by atoms with van der Waals surface area (Å²) in [4.78, 5) is 25.1. The highest BCUT2D eigenvalue weighted by Crippen LogP contribution is 2.29. The smallest absolute Gasteiger partial charge is 0.434 e. The summed E-state index contributed by atoms with van der Waals surface area (Å²) in [6.07, 6.45) is -4.14. The normalized spacial score (nSPS) is 15.4. The molecule has 0 unspecified atom stereocenters. The first-order chi connectivity index (χ1) is 17.5. The Morgan fingerprint density at radius 2 is 1.78 bits per heavy atom. The van der Waals surface area contributed by atoms with E-state index in [0.29, 0.717) is 24.7 Å². The number of ether oxygens (including phenoxy) is 1. The van der Waals surface area contributed by atoms with Crippen LogP contribution in [0.3, 0.4) is 0 Å². The third kappa shape index (κ3) is 7.48. The van der Waals surface area contributed by atoms with Gasteiger partial charge in [-0.1, -0.05) is 0 Å². The van der Waals surface area contributed by atoms with Crippen LogP contribution in [0, 0.1) is 0 Å². The molecule has 1 aliphatic heterocycles. The van der Waals surface area contributed by atoms with Gasteiger partial charge in [0.25, 0.3) is 5.91 Å². The monoisotopic (exact) mass is 547 g/mol. The first-order valence-corrected chi connectivity index (χ1v) is 11.6. The van der Waals surface area contributed by atoms with Crippen molar-refractivity contribution in [2.45, 2.75) is 31.3 Å². The lowest BCUT2D eigenvalue weighted by molar-refractivity contribution is -0.149. The molecule has 1 aliphatic rings. The van der Waals surface area contributed by atoms with E-state index in [0.717, 1.165) is 17.7 Å². The number of pyridine rings is 1. The van der Waals surface area contributed by atoms with E-state index in [1.54, 1.807) is 6.07 Å². The molecule has 4 rings (SSSR count). The van der Waals surface area contributed by atoms with E-state index >= 15 is 0 Å². The van der Waals surface area contributed by atoms with Crippen molar-refractivity contribution in [3.8, 4) is 5.88 Å². The number of halogens is 6. The second kappa shape index (κ2) is 10.8. The van der Waals surface area contributed by atoms with E-state index in [4.69, 9.17) is 4.74 Å². The van der Waals surface area contributed by atoms with Crippen molar-refractivity contribution in [1.29, 1.82) is 0 Å². The van der Waals surface area contributed by atoms with Crippen LogP contribution in [0.15, 0.2) is 36.9 Å². The number of nitrogens with zero attached hydrogens (tertiary/aromatic N) is 5. The lowest BCUT2D eigenvalue weighted by atomic mass is 10.1. The summed E-state index contributed by atoms with van der Waals surface area (Å²) < 4.78 is 85.2. The Bertz CT molecular complexity index is 1190. The molecule has 9 nitrogen and oxygen atoms in total. The molecule has 4 heterocycles. The molecule has 0 saturated carbocycles. The van der Waals surface area contributed by atoms with Gasteiger partial charge in [-0.2, -0.15) is 30.7 Å². The van der Waals surface area contributed by atoms with E-state index in [2.05, 4.69) is 30.0 Å². The number of anilines is 3. The largest absolute Gasteiger partial charge is 0.474 e. The maximum absolute atomic E-state index is 12.7. The number of carbonyl (C=O) groups is 1. The Balaban J connectivity index is 1.30. The van der Waals surface area contributed by atoms with Gasteiger partial charge in [-0.3, -0.25) is 9.69 Å². The summed E-state index contributed by atoms with van der Waals surface area (Å²) in [6, 6.07) is 3.08. The molecule has 0 radical (unpaired) electrons. The number of amides is 1. The Labute approximate surface area is 210 Å². The van der Waals surface area contributed by atoms with Crippen LogP contribution in [0.4, 0.5) is 42.8 Å². The van der Waals surface area contributed by atoms with Gasteiger partial charge in [0.15, 0.2) is 5.69 Å². The number of hydrogen-bond acceptors (Lipinski definition) is 9. The van der Waals surface area contributed by atoms with Crippen molar-refractivity contribution in [3.05, 3.63) is 48.2 Å². The minimum Gasteiger partial charge on any atom is -0.474 e. The Hall–Kier alpha value is -3.53. The average molecular weight is 547 g/mol. The summed E-state index contributed by atoms with van der Waals surface area (Å²) in [6.45, 7) is -0.413. The highest BCUT2D eigenvalue weighted by atomic mass is 32.1. The van der Waals surface area contributed by atoms with E-state index in [9.17, 15) is 31.1 Å². The Morgan fingerprint density at radius 1 is 1.03 bits per heavy atom. The highest BCUT2D eigenvalue weighted by Gasteiger charge is 2.33. The van der Waals surface area contributed by atoms with Crippen molar-refractivity contribution >= 4 is 33.9 Å². The minimum absolute atomic E-state index is 0.00120. The van der Waals surface area contributed by atoms with Gasteiger partial charge < -0.3 is 15.4 Å². The molecule has 0 aliphatic carbocycles. The summed E-state index contributed by atoms with van der Waals surface area (Å²) in [5.74, 6) is -0.282. The summed E-state index contributed by atoms with van der Waals surface area (Å²) in [5, 5.41) is 5.60. The van der Waals surface area contributed by atoms with Gasteiger partial charge in [0.1, 0.15) is 16.9 Å². The minimum atomic E-state index is -4.62. The fourth-order valence-corrected chi connectivity index (χ4v) is 4.14. The maximum atomic E-state index is 12.7. The molecule has 37 heavy (non-hydrogen) atoms. The van der Waals surface area contributed by atoms with Gasteiger partial charge in [0, 0.05) is 19.2 Å². The Morgan fingerprint density at radius 3 is 2.38 bits per heavy atom. The van der Waals surface area contributed by atoms with Crippen LogP contribution >= 0.6 is 11.5 Å². The molecule has 3 aromatic heterocycles. The average Bonchev–Trinajstić information content (AvgIpc) is 3.29. The first-order valence-electron chi connectivity index (χ1n) is 10.8. The quantitative estimate of drug-likeness (QED) is 0.409. The van der Waals surface area contributed by atoms with Gasteiger partial charge in [-0.15, -0.1) is 0 Å². The molecular weight excluding hydrogens is 528 g/mol. The predicted molar refractivity (Wildman–Crippen MR) is 121 cm³/mol. The molecule has 0 spiro atoms. The molecule has 2 N–H and O–H groups in total. The van der Waals surface area contributed by atoms with Crippen LogP contribution in [0.5, 0.6) is 5.88 Å². The number of rotatable bonds is 7. The molecule has 16 heteroatoms. The molecule has 0 aromatic carbocycles. The van der Waals surface area contributed by atoms with Gasteiger partial charge >= 0.3 is 12.4 Å². The zero-order chi connectivity index (χ0) is 26.6. The number of carbonyl (C=O) groups excluding carboxylic acids is 1. The van der Waals surface area contributed by atoms with Gasteiger partial charge in [-0.05, 0) is 30.4 Å². The van der Waals surface area contributed by atoms with Crippen LogP contribution in [-0.4, -0.2) is 62.0 Å². The number of aromatic nitrogens is 4. The van der Waals surface area contributed by atoms with Crippen LogP contribution in [0.1, 0.15) is 28.9 Å². The molecule has 0 atom stereocenters. The summed E-state index contributed by atoms with van der Waals surface area (Å²) >= 11 is 0.904. The maximum Gasteiger partial charge on any atom is 0.434 e. The van der Waals surface area contributed by atoms with Crippen LogP contribution < -0.4 is 15.4 Å². The Kier molecular flexibility index (Phi) is 7.77. The fraction of sp³-hybridized carbons (Fsp3) is 0.381. The molecule has 3 aromatic rings. The van der Waals surface area contributed by atoms with Crippen molar-refractivity contribution in [2.75, 3.05) is 30.3 Å². The second-order valence-corrected chi connectivity index (χ2v) is 8.83. The zero-order valence-electron chi connectivity index (χ0n) is 18.8. The standard InChI is InChI=1S/C21H19F6N7O2S/c22-20(23,24)11-34-5-3-13(4-6-34)36-17-2-1-12(7-30-17)32-18(35)14-8-31-37-19(14)33-16-10-28-15(9-29-16)21(25,26)27/h1-2,7-10,13H,3-6,11H2,(H,29,33)(H,32,35). The van der Waals surface area contributed by atoms with Crippen LogP contribution in [0.2, 0.25) is 0 Å². The number of likely N-dealkylation sites (tertiary alicyclic amines) is 1. The lowest BCUT2D eigenvalue weighted by Crippen LogP contribution is -2.42. The highest BCUT2D eigenvalue weighted by molar-refractivity contribution is 7.10. The molecule has 0 bridgehead atoms. The van der Waals surface area contributed by atoms with Gasteiger partial charge in [-0.25, -0.2) is 15.0 Å². The van der Waals surface area contributed by atoms with Crippen LogP contribution in [0.25, 0.3) is 0 Å². The van der Waals surface area contributed by atoms with Gasteiger partial charge in [0.05, 0.1) is 42.6 Å². The van der Waals surface area contributed by atoms with E-state index in [-0.39, 0.29) is 41.5 Å². The SMILES string of the molecule is O=C(Nc1ccc(OC2CCN(CC(F)(F)F)CC2)nc1)c1cnsc1Nc1cnc(C(F)(F)F)cn1. The lowest BCUT2D eigenvalue weighted by Gasteiger charge is -2.32.